The van der Waals surface area contributed by atoms with Crippen molar-refractivity contribution in [2.75, 3.05) is 20.1 Å². The zero-order valence-electron chi connectivity index (χ0n) is 11.8. The molecule has 0 radical (unpaired) electrons. The standard InChI is InChI=1S/C16H28N2/c1-18(10-16(9-17)2-3-16)15-13-5-11-4-12(7-13)8-14(15)6-11/h11-15H,2-10,17H2,1H3. The fourth-order valence-corrected chi connectivity index (χ4v) is 5.85. The lowest BCUT2D eigenvalue weighted by Crippen LogP contribution is -2.56. The van der Waals surface area contributed by atoms with Gasteiger partial charge in [-0.25, -0.2) is 0 Å². The minimum absolute atomic E-state index is 0.517. The lowest BCUT2D eigenvalue weighted by Gasteiger charge is -2.57. The highest BCUT2D eigenvalue weighted by atomic mass is 15.2. The van der Waals surface area contributed by atoms with Crippen molar-refractivity contribution in [2.45, 2.75) is 51.0 Å². The van der Waals surface area contributed by atoms with E-state index in [4.69, 9.17) is 5.73 Å². The predicted molar refractivity (Wildman–Crippen MR) is 74.2 cm³/mol. The highest BCUT2D eigenvalue weighted by molar-refractivity contribution is 5.04. The van der Waals surface area contributed by atoms with Crippen molar-refractivity contribution in [3.05, 3.63) is 0 Å². The van der Waals surface area contributed by atoms with Gasteiger partial charge in [0, 0.05) is 12.6 Å². The Hall–Kier alpha value is -0.0800. The molecule has 0 heterocycles. The van der Waals surface area contributed by atoms with Crippen LogP contribution in [0.15, 0.2) is 0 Å². The van der Waals surface area contributed by atoms with Gasteiger partial charge in [-0.15, -0.1) is 0 Å². The second-order valence-electron chi connectivity index (χ2n) is 8.04. The van der Waals surface area contributed by atoms with E-state index in [0.29, 0.717) is 5.41 Å². The molecule has 0 atom stereocenters. The third-order valence-corrected chi connectivity index (χ3v) is 6.66. The summed E-state index contributed by atoms with van der Waals surface area (Å²) in [6.45, 7) is 2.18. The Bertz CT molecular complexity index is 306. The van der Waals surface area contributed by atoms with Gasteiger partial charge >= 0.3 is 0 Å². The van der Waals surface area contributed by atoms with E-state index in [-0.39, 0.29) is 0 Å². The summed E-state index contributed by atoms with van der Waals surface area (Å²) in [5.41, 5.74) is 6.48. The molecule has 2 nitrogen and oxygen atoms in total. The van der Waals surface area contributed by atoms with Crippen LogP contribution in [0.4, 0.5) is 0 Å². The highest BCUT2D eigenvalue weighted by Gasteiger charge is 2.51. The maximum atomic E-state index is 5.96. The van der Waals surface area contributed by atoms with Crippen molar-refractivity contribution < 1.29 is 0 Å². The molecular formula is C16H28N2. The topological polar surface area (TPSA) is 29.3 Å². The molecule has 5 fully saturated rings. The van der Waals surface area contributed by atoms with Gasteiger partial charge in [0.05, 0.1) is 0 Å². The van der Waals surface area contributed by atoms with Gasteiger partial charge in [0.1, 0.15) is 0 Å². The van der Waals surface area contributed by atoms with Crippen molar-refractivity contribution in [1.29, 1.82) is 0 Å². The molecular weight excluding hydrogens is 220 g/mol. The van der Waals surface area contributed by atoms with E-state index in [2.05, 4.69) is 11.9 Å². The van der Waals surface area contributed by atoms with Gasteiger partial charge in [0.15, 0.2) is 0 Å². The van der Waals surface area contributed by atoms with Crippen molar-refractivity contribution >= 4 is 0 Å². The fourth-order valence-electron chi connectivity index (χ4n) is 5.85. The average molecular weight is 248 g/mol. The SMILES string of the molecule is CN(CC1(CN)CC1)C1C2CC3CC(C2)CC1C3. The minimum atomic E-state index is 0.517. The van der Waals surface area contributed by atoms with E-state index in [0.717, 1.165) is 36.3 Å². The van der Waals surface area contributed by atoms with Gasteiger partial charge in [-0.1, -0.05) is 0 Å². The van der Waals surface area contributed by atoms with Crippen molar-refractivity contribution in [2.24, 2.45) is 34.8 Å². The summed E-state index contributed by atoms with van der Waals surface area (Å²) < 4.78 is 0. The van der Waals surface area contributed by atoms with Gasteiger partial charge in [-0.3, -0.25) is 0 Å². The van der Waals surface area contributed by atoms with Crippen LogP contribution in [0, 0.1) is 29.1 Å². The molecule has 5 saturated carbocycles. The lowest BCUT2D eigenvalue weighted by atomic mass is 9.54. The third-order valence-electron chi connectivity index (χ3n) is 6.66. The molecule has 5 aliphatic rings. The molecule has 4 bridgehead atoms. The maximum absolute atomic E-state index is 5.96. The van der Waals surface area contributed by atoms with E-state index < -0.39 is 0 Å². The first-order valence-electron chi connectivity index (χ1n) is 8.09. The Labute approximate surface area is 111 Å². The zero-order chi connectivity index (χ0) is 12.3. The van der Waals surface area contributed by atoms with E-state index >= 15 is 0 Å². The van der Waals surface area contributed by atoms with Gasteiger partial charge in [-0.2, -0.15) is 0 Å². The number of nitrogens with two attached hydrogens (primary N) is 1. The maximum Gasteiger partial charge on any atom is 0.0149 e. The largest absolute Gasteiger partial charge is 0.330 e. The first-order valence-corrected chi connectivity index (χ1v) is 8.09. The highest BCUT2D eigenvalue weighted by Crippen LogP contribution is 2.56. The summed E-state index contributed by atoms with van der Waals surface area (Å²) in [5, 5.41) is 0. The fraction of sp³-hybridized carbons (Fsp3) is 1.00. The molecule has 0 amide bonds. The van der Waals surface area contributed by atoms with Crippen LogP contribution in [0.3, 0.4) is 0 Å². The third kappa shape index (κ3) is 1.76. The van der Waals surface area contributed by atoms with Gasteiger partial charge in [0.2, 0.25) is 0 Å². The quantitative estimate of drug-likeness (QED) is 0.828. The molecule has 0 aromatic carbocycles. The van der Waals surface area contributed by atoms with Crippen LogP contribution in [-0.2, 0) is 0 Å². The van der Waals surface area contributed by atoms with E-state index in [1.54, 1.807) is 6.42 Å². The average Bonchev–Trinajstić information content (AvgIpc) is 3.08. The summed E-state index contributed by atoms with van der Waals surface area (Å²) in [5.74, 6) is 4.25. The summed E-state index contributed by atoms with van der Waals surface area (Å²) in [6.07, 6.45) is 10.5. The monoisotopic (exact) mass is 248 g/mol. The minimum Gasteiger partial charge on any atom is -0.330 e. The number of hydrogen-bond acceptors (Lipinski definition) is 2. The van der Waals surface area contributed by atoms with E-state index in [1.807, 2.05) is 0 Å². The molecule has 5 rings (SSSR count). The first kappa shape index (κ1) is 11.7. The molecule has 0 aliphatic heterocycles. The second-order valence-corrected chi connectivity index (χ2v) is 8.04. The molecule has 0 saturated heterocycles. The Morgan fingerprint density at radius 3 is 2.00 bits per heavy atom. The smallest absolute Gasteiger partial charge is 0.0149 e. The normalized spacial score (nSPS) is 47.8. The molecule has 0 aromatic heterocycles. The van der Waals surface area contributed by atoms with E-state index in [9.17, 15) is 0 Å². The first-order chi connectivity index (χ1) is 8.69. The Morgan fingerprint density at radius 2 is 1.56 bits per heavy atom. The van der Waals surface area contributed by atoms with Crippen LogP contribution >= 0.6 is 0 Å². The molecule has 102 valence electrons. The molecule has 0 spiro atoms. The zero-order valence-corrected chi connectivity index (χ0v) is 11.8. The lowest BCUT2D eigenvalue weighted by molar-refractivity contribution is -0.0616. The summed E-state index contributed by atoms with van der Waals surface area (Å²) in [6, 6.07) is 0.904. The Balaban J connectivity index is 1.47. The van der Waals surface area contributed by atoms with Gasteiger partial charge in [0.25, 0.3) is 0 Å². The summed E-state index contributed by atoms with van der Waals surface area (Å²) in [7, 11) is 2.39. The second kappa shape index (κ2) is 3.96. The van der Waals surface area contributed by atoms with Crippen molar-refractivity contribution in [3.8, 4) is 0 Å². The van der Waals surface area contributed by atoms with Crippen LogP contribution in [0.1, 0.15) is 44.9 Å². The summed E-state index contributed by atoms with van der Waals surface area (Å²) in [4.78, 5) is 2.73. The summed E-state index contributed by atoms with van der Waals surface area (Å²) >= 11 is 0. The molecule has 5 aliphatic carbocycles. The van der Waals surface area contributed by atoms with Crippen LogP contribution in [0.25, 0.3) is 0 Å². The van der Waals surface area contributed by atoms with Crippen LogP contribution in [-0.4, -0.2) is 31.1 Å². The van der Waals surface area contributed by atoms with Crippen molar-refractivity contribution in [1.82, 2.24) is 4.90 Å². The van der Waals surface area contributed by atoms with Crippen molar-refractivity contribution in [3.63, 3.8) is 0 Å². The van der Waals surface area contributed by atoms with Gasteiger partial charge in [-0.05, 0) is 87.6 Å². The molecule has 0 aromatic rings. The molecule has 2 heteroatoms. The molecule has 0 unspecified atom stereocenters. The number of rotatable bonds is 4. The number of nitrogens with zero attached hydrogens (tertiary/aromatic N) is 1. The Morgan fingerprint density at radius 1 is 1.00 bits per heavy atom. The number of hydrogen-bond donors (Lipinski definition) is 1. The Kier molecular flexibility index (Phi) is 2.58. The van der Waals surface area contributed by atoms with Crippen LogP contribution < -0.4 is 5.73 Å². The predicted octanol–water partition coefficient (Wildman–Crippen LogP) is 2.48. The van der Waals surface area contributed by atoms with E-state index in [1.165, 1.54) is 45.1 Å². The van der Waals surface area contributed by atoms with Crippen LogP contribution in [0.5, 0.6) is 0 Å². The molecule has 18 heavy (non-hydrogen) atoms. The van der Waals surface area contributed by atoms with Gasteiger partial charge < -0.3 is 10.6 Å². The van der Waals surface area contributed by atoms with Crippen LogP contribution in [0.2, 0.25) is 0 Å². The molecule has 2 N–H and O–H groups in total.